The van der Waals surface area contributed by atoms with E-state index in [0.717, 1.165) is 63.9 Å². The number of hydrogen-bond donors (Lipinski definition) is 5. The number of rotatable bonds is 14. The van der Waals surface area contributed by atoms with Crippen molar-refractivity contribution in [3.63, 3.8) is 0 Å². The summed E-state index contributed by atoms with van der Waals surface area (Å²) < 4.78 is 1.86. The van der Waals surface area contributed by atoms with E-state index in [0.29, 0.717) is 75.5 Å². The number of amides is 3. The number of nitrogen functional groups attached to an aromatic ring is 1. The molecule has 0 saturated carbocycles. The fourth-order valence-corrected chi connectivity index (χ4v) is 8.56. The number of aromatic nitrogens is 3. The van der Waals surface area contributed by atoms with Crippen LogP contribution in [0.4, 0.5) is 11.6 Å². The van der Waals surface area contributed by atoms with E-state index in [-0.39, 0.29) is 23.5 Å². The number of piperazine rings is 1. The van der Waals surface area contributed by atoms with Crippen LogP contribution in [0.3, 0.4) is 0 Å². The number of H-pyrrole nitrogens is 1. The van der Waals surface area contributed by atoms with Gasteiger partial charge in [-0.25, -0.2) is 4.98 Å². The number of aryl methyl sites for hydroxylation is 3. The van der Waals surface area contributed by atoms with Gasteiger partial charge >= 0.3 is 0 Å². The van der Waals surface area contributed by atoms with Gasteiger partial charge in [0.1, 0.15) is 6.04 Å². The summed E-state index contributed by atoms with van der Waals surface area (Å²) in [5.74, 6) is -0.0677. The maximum Gasteiger partial charge on any atom is 0.242 e. The molecule has 0 unspecified atom stereocenters. The number of ketones is 1. The quantitative estimate of drug-likeness (QED) is 0.112. The van der Waals surface area contributed by atoms with Crippen molar-refractivity contribution >= 4 is 46.0 Å². The number of aromatic amines is 1. The molecule has 14 heteroatoms. The minimum atomic E-state index is -0.761. The number of hydrogen-bond acceptors (Lipinski definition) is 9. The Morgan fingerprint density at radius 1 is 1.05 bits per heavy atom. The SMILES string of the molecule is CCc1cc2c(cc1N1CCN(C(=O)CCCCc3cn(CCC[C@H](N)C(=O)N[C@H](C(=O)NC)C(C)(C)C)c(N)n3)CC1)C(C)(C)c1[nH]c3cc(C#N)ccc3c1C2=O. The van der Waals surface area contributed by atoms with Crippen LogP contribution < -0.4 is 27.0 Å². The molecule has 1 saturated heterocycles. The Morgan fingerprint density at radius 3 is 2.44 bits per heavy atom. The van der Waals surface area contributed by atoms with Crippen molar-refractivity contribution < 1.29 is 19.2 Å². The Kier molecular flexibility index (Phi) is 12.6. The molecule has 0 spiro atoms. The highest BCUT2D eigenvalue weighted by molar-refractivity contribution is 6.20. The minimum Gasteiger partial charge on any atom is -0.369 e. The lowest BCUT2D eigenvalue weighted by molar-refractivity contribution is -0.132. The average molecular weight is 805 g/mol. The van der Waals surface area contributed by atoms with Gasteiger partial charge in [-0.3, -0.25) is 19.2 Å². The van der Waals surface area contributed by atoms with Gasteiger partial charge in [-0.2, -0.15) is 5.26 Å². The molecule has 59 heavy (non-hydrogen) atoms. The van der Waals surface area contributed by atoms with Crippen LogP contribution in [0.5, 0.6) is 0 Å². The zero-order valence-electron chi connectivity index (χ0n) is 35.6. The van der Waals surface area contributed by atoms with E-state index in [4.69, 9.17) is 11.5 Å². The minimum absolute atomic E-state index is 0.00787. The molecule has 14 nitrogen and oxygen atoms in total. The summed E-state index contributed by atoms with van der Waals surface area (Å²) in [6.45, 7) is 15.3. The smallest absolute Gasteiger partial charge is 0.242 e. The predicted octanol–water partition coefficient (Wildman–Crippen LogP) is 4.70. The van der Waals surface area contributed by atoms with E-state index in [1.54, 1.807) is 13.1 Å². The van der Waals surface area contributed by atoms with Crippen LogP contribution in [-0.2, 0) is 39.2 Å². The molecule has 3 amide bonds. The first kappa shape index (κ1) is 42.9. The van der Waals surface area contributed by atoms with Crippen LogP contribution in [0.2, 0.25) is 0 Å². The highest BCUT2D eigenvalue weighted by Gasteiger charge is 2.41. The maximum atomic E-state index is 14.1. The van der Waals surface area contributed by atoms with Gasteiger partial charge in [0.15, 0.2) is 11.7 Å². The summed E-state index contributed by atoms with van der Waals surface area (Å²) in [6, 6.07) is 10.5. The van der Waals surface area contributed by atoms with Crippen molar-refractivity contribution in [3.05, 3.63) is 75.7 Å². The maximum absolute atomic E-state index is 14.1. The van der Waals surface area contributed by atoms with Crippen LogP contribution in [0.1, 0.15) is 118 Å². The second-order valence-electron chi connectivity index (χ2n) is 17.6. The number of carbonyl (C=O) groups excluding carboxylic acids is 4. The number of carbonyl (C=O) groups is 4. The van der Waals surface area contributed by atoms with Crippen molar-refractivity contribution in [2.75, 3.05) is 43.9 Å². The lowest BCUT2D eigenvalue weighted by Crippen LogP contribution is -2.56. The van der Waals surface area contributed by atoms with Crippen molar-refractivity contribution in [2.45, 2.75) is 111 Å². The topological polar surface area (TPSA) is 208 Å². The molecule has 2 aromatic heterocycles. The molecular formula is C45H60N10O4. The molecule has 0 radical (unpaired) electrons. The third-order valence-electron chi connectivity index (χ3n) is 12.1. The Morgan fingerprint density at radius 2 is 1.78 bits per heavy atom. The van der Waals surface area contributed by atoms with E-state index in [2.05, 4.69) is 64.5 Å². The molecule has 0 bridgehead atoms. The molecule has 6 rings (SSSR count). The van der Waals surface area contributed by atoms with Crippen molar-refractivity contribution in [1.82, 2.24) is 30.1 Å². The van der Waals surface area contributed by atoms with E-state index < -0.39 is 22.9 Å². The highest BCUT2D eigenvalue weighted by Crippen LogP contribution is 2.46. The number of benzene rings is 2. The van der Waals surface area contributed by atoms with Gasteiger partial charge in [0.2, 0.25) is 17.7 Å². The predicted molar refractivity (Wildman–Crippen MR) is 230 cm³/mol. The van der Waals surface area contributed by atoms with Gasteiger partial charge in [0, 0.05) is 85.7 Å². The van der Waals surface area contributed by atoms with Crippen LogP contribution in [0.15, 0.2) is 36.5 Å². The summed E-state index contributed by atoms with van der Waals surface area (Å²) in [7, 11) is 1.54. The third kappa shape index (κ3) is 8.85. The third-order valence-corrected chi connectivity index (χ3v) is 12.1. The Labute approximate surface area is 347 Å². The fraction of sp³-hybridized carbons (Fsp3) is 0.511. The summed E-state index contributed by atoms with van der Waals surface area (Å²) in [6.07, 6.45) is 6.43. The van der Waals surface area contributed by atoms with E-state index in [1.807, 2.05) is 48.6 Å². The molecule has 3 heterocycles. The summed E-state index contributed by atoms with van der Waals surface area (Å²) in [4.78, 5) is 64.8. The zero-order valence-corrected chi connectivity index (χ0v) is 35.6. The molecule has 314 valence electrons. The van der Waals surface area contributed by atoms with Crippen LogP contribution in [-0.4, -0.2) is 88.3 Å². The largest absolute Gasteiger partial charge is 0.369 e. The number of unbranched alkanes of at least 4 members (excludes halogenated alkanes) is 1. The lowest BCUT2D eigenvalue weighted by atomic mass is 9.70. The Hall–Kier alpha value is -5.68. The van der Waals surface area contributed by atoms with E-state index in [9.17, 15) is 24.4 Å². The van der Waals surface area contributed by atoms with Crippen LogP contribution >= 0.6 is 0 Å². The Bertz CT molecular complexity index is 2280. The summed E-state index contributed by atoms with van der Waals surface area (Å²) >= 11 is 0. The highest BCUT2D eigenvalue weighted by atomic mass is 16.2. The number of nitriles is 1. The lowest BCUT2D eigenvalue weighted by Gasteiger charge is -2.39. The molecule has 7 N–H and O–H groups in total. The fourth-order valence-electron chi connectivity index (χ4n) is 8.56. The number of nitrogens with one attached hydrogen (secondary N) is 3. The van der Waals surface area contributed by atoms with E-state index in [1.165, 1.54) is 0 Å². The zero-order chi connectivity index (χ0) is 42.8. The van der Waals surface area contributed by atoms with E-state index >= 15 is 0 Å². The van der Waals surface area contributed by atoms with Crippen LogP contribution in [0.25, 0.3) is 10.9 Å². The summed E-state index contributed by atoms with van der Waals surface area (Å²) in [5, 5.41) is 15.7. The first-order chi connectivity index (χ1) is 28.0. The number of nitrogens with zero attached hydrogens (tertiary/aromatic N) is 5. The molecule has 2 aliphatic rings. The first-order valence-corrected chi connectivity index (χ1v) is 20.9. The normalized spacial score (nSPS) is 15.9. The van der Waals surface area contributed by atoms with Gasteiger partial charge in [-0.15, -0.1) is 0 Å². The monoisotopic (exact) mass is 804 g/mol. The average Bonchev–Trinajstić information content (AvgIpc) is 3.79. The molecule has 2 aromatic carbocycles. The molecular weight excluding hydrogens is 745 g/mol. The van der Waals surface area contributed by atoms with Crippen molar-refractivity contribution in [3.8, 4) is 6.07 Å². The molecule has 1 aliphatic carbocycles. The van der Waals surface area contributed by atoms with Gasteiger partial charge in [0.05, 0.1) is 28.9 Å². The number of imidazole rings is 1. The van der Waals surface area contributed by atoms with Crippen molar-refractivity contribution in [2.24, 2.45) is 11.1 Å². The van der Waals surface area contributed by atoms with Gasteiger partial charge in [0.25, 0.3) is 0 Å². The van der Waals surface area contributed by atoms with Gasteiger partial charge in [-0.05, 0) is 79.3 Å². The molecule has 1 fully saturated rings. The number of likely N-dealkylation sites (N-methyl/N-ethyl adjacent to an activating group) is 1. The molecule has 4 aromatic rings. The second kappa shape index (κ2) is 17.3. The number of anilines is 2. The second-order valence-corrected chi connectivity index (χ2v) is 17.6. The summed E-state index contributed by atoms with van der Waals surface area (Å²) in [5.41, 5.74) is 19.2. The molecule has 2 atom stereocenters. The first-order valence-electron chi connectivity index (χ1n) is 20.9. The number of nitrogens with two attached hydrogens (primary N) is 2. The molecule has 1 aliphatic heterocycles. The standard InChI is InChI=1S/C45H60N10O4/c1-8-28-23-31-32(45(5,6)39-37(38(31)57)30-16-15-27(25-46)22-34(30)51-39)24-35(28)53-18-20-54(21-19-53)36(56)14-10-9-12-29-26-55(43(48)50-29)17-11-13-33(47)41(58)52-40(42(59)49-7)44(2,3)4/h15-16,22-24,26,33,40,51H,8-14,17-21,47H2,1-7H3,(H2,48,50)(H,49,59)(H,52,58)/t33-,40+/m0/s1. The number of fused-ring (bicyclic) bond motifs is 4. The van der Waals surface area contributed by atoms with Gasteiger partial charge < -0.3 is 41.5 Å². The van der Waals surface area contributed by atoms with Gasteiger partial charge in [-0.1, -0.05) is 47.6 Å². The Balaban J connectivity index is 0.977. The van der Waals surface area contributed by atoms with Crippen LogP contribution in [0, 0.1) is 16.7 Å². The van der Waals surface area contributed by atoms with Crippen molar-refractivity contribution in [1.29, 1.82) is 5.26 Å².